The van der Waals surface area contributed by atoms with Gasteiger partial charge in [-0.3, -0.25) is 19.9 Å². The lowest BCUT2D eigenvalue weighted by molar-refractivity contribution is -0.385. The lowest BCUT2D eigenvalue weighted by atomic mass is 10.1. The third-order valence-corrected chi connectivity index (χ3v) is 3.19. The second-order valence-electron chi connectivity index (χ2n) is 5.01. The van der Waals surface area contributed by atoms with Crippen molar-refractivity contribution in [2.45, 2.75) is 13.3 Å². The third-order valence-electron chi connectivity index (χ3n) is 3.19. The number of ether oxygens (including phenoxy) is 1. The Bertz CT molecular complexity index is 813. The summed E-state index contributed by atoms with van der Waals surface area (Å²) in [5, 5.41) is 20.3. The molecule has 2 rings (SSSR count). The van der Waals surface area contributed by atoms with Crippen LogP contribution < -0.4 is 10.2 Å². The van der Waals surface area contributed by atoms with Crippen molar-refractivity contribution >= 4 is 11.5 Å². The van der Waals surface area contributed by atoms with Crippen LogP contribution in [0, 0.1) is 10.1 Å². The molecule has 0 saturated heterocycles. The molecule has 0 aliphatic rings. The van der Waals surface area contributed by atoms with E-state index in [1.54, 1.807) is 24.3 Å². The van der Waals surface area contributed by atoms with E-state index in [9.17, 15) is 20.1 Å². The molecule has 0 aliphatic carbocycles. The van der Waals surface area contributed by atoms with Crippen LogP contribution in [0.15, 0.2) is 47.6 Å². The van der Waals surface area contributed by atoms with Gasteiger partial charge in [-0.15, -0.1) is 0 Å². The fraction of sp³-hybridized carbons (Fsp3) is 0.250. The molecule has 0 saturated carbocycles. The molecule has 0 unspecified atom stereocenters. The highest BCUT2D eigenvalue weighted by Gasteiger charge is 2.05. The molecule has 24 heavy (non-hydrogen) atoms. The minimum absolute atomic E-state index is 0.0337. The van der Waals surface area contributed by atoms with Crippen LogP contribution in [-0.4, -0.2) is 33.8 Å². The van der Waals surface area contributed by atoms with Crippen LogP contribution in [0.4, 0.5) is 5.69 Å². The number of benzene rings is 1. The molecular formula is C16H17N3O5. The molecule has 0 radical (unpaired) electrons. The van der Waals surface area contributed by atoms with Crippen molar-refractivity contribution in [2.24, 2.45) is 4.99 Å². The van der Waals surface area contributed by atoms with Gasteiger partial charge in [0.2, 0.25) is 0 Å². The number of aromatic nitrogens is 1. The summed E-state index contributed by atoms with van der Waals surface area (Å²) in [6.45, 7) is 2.18. The number of Topliss-reactive ketones (excluding diaryl/α,β-unsaturated/α-hetero) is 1. The number of nitrogens with zero attached hydrogens (tertiary/aromatic N) is 3. The van der Waals surface area contributed by atoms with Gasteiger partial charge >= 0.3 is 0 Å². The standard InChI is InChI=1S/C16H17N3O5/c1-12(20)13-4-2-5-15(10-13)24-9-3-7-17-16-11-14(19(22)23)6-8-18(16)21/h2,4-6,8,10-11,21H,3,7,9H2,1H3. The number of carbonyl (C=O) groups excluding carboxylic acids is 1. The summed E-state index contributed by atoms with van der Waals surface area (Å²) < 4.78 is 6.26. The van der Waals surface area contributed by atoms with Gasteiger partial charge in [0.15, 0.2) is 11.3 Å². The molecule has 2 aromatic rings. The van der Waals surface area contributed by atoms with E-state index in [1.807, 2.05) is 0 Å². The average molecular weight is 331 g/mol. The van der Waals surface area contributed by atoms with E-state index in [4.69, 9.17) is 4.74 Å². The first-order valence-corrected chi connectivity index (χ1v) is 7.28. The number of pyridine rings is 1. The van der Waals surface area contributed by atoms with Gasteiger partial charge in [0, 0.05) is 24.6 Å². The Labute approximate surface area is 137 Å². The molecule has 0 fully saturated rings. The Morgan fingerprint density at radius 3 is 2.88 bits per heavy atom. The molecule has 0 spiro atoms. The maximum absolute atomic E-state index is 11.3. The van der Waals surface area contributed by atoms with E-state index in [0.717, 1.165) is 4.73 Å². The van der Waals surface area contributed by atoms with Gasteiger partial charge in [-0.2, -0.15) is 4.73 Å². The second-order valence-corrected chi connectivity index (χ2v) is 5.01. The highest BCUT2D eigenvalue weighted by molar-refractivity contribution is 5.94. The second kappa shape index (κ2) is 7.91. The van der Waals surface area contributed by atoms with Crippen LogP contribution in [0.2, 0.25) is 0 Å². The molecule has 0 aliphatic heterocycles. The van der Waals surface area contributed by atoms with Gasteiger partial charge in [-0.1, -0.05) is 12.1 Å². The highest BCUT2D eigenvalue weighted by Crippen LogP contribution is 2.13. The zero-order valence-electron chi connectivity index (χ0n) is 13.1. The van der Waals surface area contributed by atoms with Crippen molar-refractivity contribution < 1.29 is 19.7 Å². The van der Waals surface area contributed by atoms with Crippen LogP contribution in [0.3, 0.4) is 0 Å². The van der Waals surface area contributed by atoms with Crippen molar-refractivity contribution in [3.63, 3.8) is 0 Å². The molecule has 1 aromatic heterocycles. The maximum atomic E-state index is 11.3. The molecule has 1 aromatic carbocycles. The fourth-order valence-electron chi connectivity index (χ4n) is 1.95. The van der Waals surface area contributed by atoms with E-state index < -0.39 is 4.92 Å². The summed E-state index contributed by atoms with van der Waals surface area (Å²) in [5.41, 5.74) is 0.536. The summed E-state index contributed by atoms with van der Waals surface area (Å²) in [7, 11) is 0. The van der Waals surface area contributed by atoms with Gasteiger partial charge in [-0.25, -0.2) is 0 Å². The molecule has 0 bridgehead atoms. The predicted octanol–water partition coefficient (Wildman–Crippen LogP) is 2.21. The maximum Gasteiger partial charge on any atom is 0.274 e. The first-order valence-electron chi connectivity index (χ1n) is 7.28. The lowest BCUT2D eigenvalue weighted by Gasteiger charge is -2.06. The quantitative estimate of drug-likeness (QED) is 0.275. The number of rotatable bonds is 7. The predicted molar refractivity (Wildman–Crippen MR) is 85.3 cm³/mol. The molecule has 1 N–H and O–H groups in total. The first-order chi connectivity index (χ1) is 11.5. The molecule has 0 atom stereocenters. The van der Waals surface area contributed by atoms with E-state index in [0.29, 0.717) is 30.9 Å². The van der Waals surface area contributed by atoms with Gasteiger partial charge in [-0.05, 0) is 19.1 Å². The minimum Gasteiger partial charge on any atom is -0.494 e. The van der Waals surface area contributed by atoms with Crippen molar-refractivity contribution in [2.75, 3.05) is 13.2 Å². The van der Waals surface area contributed by atoms with Gasteiger partial charge in [0.1, 0.15) is 5.75 Å². The summed E-state index contributed by atoms with van der Waals surface area (Å²) >= 11 is 0. The molecular weight excluding hydrogens is 314 g/mol. The van der Waals surface area contributed by atoms with Crippen molar-refractivity contribution in [1.29, 1.82) is 0 Å². The zero-order valence-corrected chi connectivity index (χ0v) is 13.1. The fourth-order valence-corrected chi connectivity index (χ4v) is 1.95. The third kappa shape index (κ3) is 4.67. The number of hydrogen-bond acceptors (Lipinski definition) is 6. The van der Waals surface area contributed by atoms with Gasteiger partial charge in [0.05, 0.1) is 23.8 Å². The number of carbonyl (C=O) groups is 1. The molecule has 126 valence electrons. The Balaban J connectivity index is 1.91. The molecule has 0 amide bonds. The van der Waals surface area contributed by atoms with Crippen molar-refractivity contribution in [3.8, 4) is 5.75 Å². The molecule has 8 nitrogen and oxygen atoms in total. The minimum atomic E-state index is -0.551. The van der Waals surface area contributed by atoms with E-state index in [-0.39, 0.29) is 17.0 Å². The van der Waals surface area contributed by atoms with E-state index in [2.05, 4.69) is 4.99 Å². The average Bonchev–Trinajstić information content (AvgIpc) is 2.56. The number of ketones is 1. The van der Waals surface area contributed by atoms with Crippen LogP contribution in [-0.2, 0) is 0 Å². The monoisotopic (exact) mass is 331 g/mol. The largest absolute Gasteiger partial charge is 0.494 e. The van der Waals surface area contributed by atoms with Crippen LogP contribution >= 0.6 is 0 Å². The van der Waals surface area contributed by atoms with Crippen molar-refractivity contribution in [3.05, 3.63) is 63.8 Å². The summed E-state index contributed by atoms with van der Waals surface area (Å²) in [6, 6.07) is 9.26. The van der Waals surface area contributed by atoms with Crippen LogP contribution in [0.5, 0.6) is 5.75 Å². The normalized spacial score (nSPS) is 11.3. The SMILES string of the molecule is CC(=O)c1cccc(OCCCN=c2cc([N+](=O)[O-])ccn2O)c1. The van der Waals surface area contributed by atoms with Gasteiger partial charge in [0.25, 0.3) is 5.69 Å². The van der Waals surface area contributed by atoms with E-state index in [1.165, 1.54) is 25.3 Å². The van der Waals surface area contributed by atoms with Crippen LogP contribution in [0.1, 0.15) is 23.7 Å². The van der Waals surface area contributed by atoms with E-state index >= 15 is 0 Å². The Morgan fingerprint density at radius 2 is 2.17 bits per heavy atom. The molecule has 1 heterocycles. The highest BCUT2D eigenvalue weighted by atomic mass is 16.6. The zero-order chi connectivity index (χ0) is 17.5. The Hall–Kier alpha value is -3.16. The number of hydrogen-bond donors (Lipinski definition) is 1. The van der Waals surface area contributed by atoms with Crippen LogP contribution in [0.25, 0.3) is 0 Å². The topological polar surface area (TPSA) is 107 Å². The smallest absolute Gasteiger partial charge is 0.274 e. The Kier molecular flexibility index (Phi) is 5.67. The van der Waals surface area contributed by atoms with Crippen molar-refractivity contribution in [1.82, 2.24) is 4.73 Å². The first kappa shape index (κ1) is 17.2. The summed E-state index contributed by atoms with van der Waals surface area (Å²) in [4.78, 5) is 25.5. The summed E-state index contributed by atoms with van der Waals surface area (Å²) in [5.74, 6) is 0.559. The summed E-state index contributed by atoms with van der Waals surface area (Å²) in [6.07, 6.45) is 1.72. The van der Waals surface area contributed by atoms with Gasteiger partial charge < -0.3 is 9.94 Å². The number of nitro groups is 1. The lowest BCUT2D eigenvalue weighted by Crippen LogP contribution is -2.19. The Morgan fingerprint density at radius 1 is 1.38 bits per heavy atom. The molecule has 8 heteroatoms.